The van der Waals surface area contributed by atoms with Crippen LogP contribution < -0.4 is 5.32 Å². The number of halogens is 1. The van der Waals surface area contributed by atoms with E-state index in [4.69, 9.17) is 21.6 Å². The normalized spacial score (nSPS) is 19.0. The molecule has 1 atom stereocenters. The van der Waals surface area contributed by atoms with Crippen LogP contribution in [0.25, 0.3) is 0 Å². The lowest BCUT2D eigenvalue weighted by Crippen LogP contribution is -2.50. The van der Waals surface area contributed by atoms with E-state index in [1.807, 2.05) is 11.0 Å². The molecule has 0 aromatic heterocycles. The number of carbonyl (C=O) groups excluding carboxylic acids is 1. The minimum Gasteiger partial charge on any atom is -0.395 e. The molecule has 0 radical (unpaired) electrons. The van der Waals surface area contributed by atoms with Crippen LogP contribution in [-0.2, 0) is 9.53 Å². The van der Waals surface area contributed by atoms with Gasteiger partial charge in [0.1, 0.15) is 6.07 Å². The Hall–Kier alpha value is -1.65. The maximum atomic E-state index is 12.0. The number of rotatable bonds is 4. The highest BCUT2D eigenvalue weighted by Crippen LogP contribution is 2.20. The SMILES string of the molecule is N#Cc1ccc(NC(=O)CN2CCOCC2CO)cc1Cl. The zero-order valence-electron chi connectivity index (χ0n) is 11.4. The quantitative estimate of drug-likeness (QED) is 0.861. The molecule has 0 bridgehead atoms. The van der Waals surface area contributed by atoms with Crippen molar-refractivity contribution >= 4 is 23.2 Å². The second-order valence-corrected chi connectivity index (χ2v) is 5.14. The van der Waals surface area contributed by atoms with Gasteiger partial charge in [0.05, 0.1) is 43.0 Å². The smallest absolute Gasteiger partial charge is 0.238 e. The second kappa shape index (κ2) is 7.38. The Morgan fingerprint density at radius 3 is 3.10 bits per heavy atom. The van der Waals surface area contributed by atoms with Crippen molar-refractivity contribution in [3.05, 3.63) is 28.8 Å². The van der Waals surface area contributed by atoms with Gasteiger partial charge in [-0.2, -0.15) is 5.26 Å². The van der Waals surface area contributed by atoms with E-state index >= 15 is 0 Å². The Morgan fingerprint density at radius 1 is 1.62 bits per heavy atom. The van der Waals surface area contributed by atoms with Crippen molar-refractivity contribution in [3.63, 3.8) is 0 Å². The summed E-state index contributed by atoms with van der Waals surface area (Å²) in [7, 11) is 0. The number of hydrogen-bond donors (Lipinski definition) is 2. The second-order valence-electron chi connectivity index (χ2n) is 4.74. The summed E-state index contributed by atoms with van der Waals surface area (Å²) in [6.07, 6.45) is 0. The lowest BCUT2D eigenvalue weighted by atomic mass is 10.2. The highest BCUT2D eigenvalue weighted by molar-refractivity contribution is 6.32. The van der Waals surface area contributed by atoms with E-state index in [2.05, 4.69) is 5.32 Å². The predicted octanol–water partition coefficient (Wildman–Crippen LogP) is 0.843. The first-order chi connectivity index (χ1) is 10.1. The molecule has 7 heteroatoms. The summed E-state index contributed by atoms with van der Waals surface area (Å²) in [6.45, 7) is 1.70. The van der Waals surface area contributed by atoms with Gasteiger partial charge in [-0.1, -0.05) is 11.6 Å². The number of nitriles is 1. The van der Waals surface area contributed by atoms with Crippen LogP contribution in [0.5, 0.6) is 0 Å². The molecule has 1 aliphatic heterocycles. The van der Waals surface area contributed by atoms with Crippen LogP contribution in [0.1, 0.15) is 5.56 Å². The number of ether oxygens (including phenoxy) is 1. The number of hydrogen-bond acceptors (Lipinski definition) is 5. The van der Waals surface area contributed by atoms with Gasteiger partial charge in [-0.3, -0.25) is 9.69 Å². The molecule has 0 saturated carbocycles. The Bertz CT molecular complexity index is 559. The summed E-state index contributed by atoms with van der Waals surface area (Å²) in [5.74, 6) is -0.198. The van der Waals surface area contributed by atoms with Crippen LogP contribution in [-0.4, -0.2) is 54.9 Å². The molecule has 0 aliphatic carbocycles. The van der Waals surface area contributed by atoms with Gasteiger partial charge in [0.2, 0.25) is 5.91 Å². The minimum absolute atomic E-state index is 0.0457. The topological polar surface area (TPSA) is 85.6 Å². The average molecular weight is 310 g/mol. The highest BCUT2D eigenvalue weighted by atomic mass is 35.5. The molecule has 1 unspecified atom stereocenters. The molecule has 1 aromatic rings. The number of benzene rings is 1. The standard InChI is InChI=1S/C14H16ClN3O3/c15-13-5-11(2-1-10(13)6-16)17-14(20)7-18-3-4-21-9-12(18)8-19/h1-2,5,12,19H,3-4,7-9H2,(H,17,20). The minimum atomic E-state index is -0.198. The fraction of sp³-hybridized carbons (Fsp3) is 0.429. The van der Waals surface area contributed by atoms with Gasteiger partial charge < -0.3 is 15.2 Å². The Labute approximate surface area is 127 Å². The summed E-state index contributed by atoms with van der Waals surface area (Å²) in [5.41, 5.74) is 0.904. The average Bonchev–Trinajstić information content (AvgIpc) is 2.48. The molecule has 1 fully saturated rings. The van der Waals surface area contributed by atoms with Crippen LogP contribution >= 0.6 is 11.6 Å². The lowest BCUT2D eigenvalue weighted by Gasteiger charge is -2.33. The number of nitrogens with one attached hydrogen (secondary N) is 1. The van der Waals surface area contributed by atoms with Gasteiger partial charge in [0.25, 0.3) is 0 Å². The van der Waals surface area contributed by atoms with Crippen molar-refractivity contribution in [1.82, 2.24) is 4.90 Å². The van der Waals surface area contributed by atoms with Crippen LogP contribution in [0, 0.1) is 11.3 Å². The molecule has 0 spiro atoms. The van der Waals surface area contributed by atoms with E-state index in [0.29, 0.717) is 36.0 Å². The molecular weight excluding hydrogens is 294 g/mol. The summed E-state index contributed by atoms with van der Waals surface area (Å²) in [5, 5.41) is 21.1. The molecule has 1 heterocycles. The largest absolute Gasteiger partial charge is 0.395 e. The monoisotopic (exact) mass is 309 g/mol. The maximum Gasteiger partial charge on any atom is 0.238 e. The van der Waals surface area contributed by atoms with Gasteiger partial charge >= 0.3 is 0 Å². The third-order valence-electron chi connectivity index (χ3n) is 3.28. The van der Waals surface area contributed by atoms with Crippen LogP contribution in [0.15, 0.2) is 18.2 Å². The van der Waals surface area contributed by atoms with Crippen molar-refractivity contribution in [2.24, 2.45) is 0 Å². The molecule has 112 valence electrons. The predicted molar refractivity (Wildman–Crippen MR) is 78.1 cm³/mol. The third kappa shape index (κ3) is 4.16. The van der Waals surface area contributed by atoms with Crippen LogP contribution in [0.3, 0.4) is 0 Å². The zero-order valence-corrected chi connectivity index (χ0v) is 12.1. The zero-order chi connectivity index (χ0) is 15.2. The number of carbonyl (C=O) groups is 1. The number of morpholine rings is 1. The molecular formula is C14H16ClN3O3. The molecule has 1 aliphatic rings. The Balaban J connectivity index is 1.95. The third-order valence-corrected chi connectivity index (χ3v) is 3.59. The van der Waals surface area contributed by atoms with E-state index in [1.54, 1.807) is 18.2 Å². The Kier molecular flexibility index (Phi) is 5.53. The molecule has 1 amide bonds. The summed E-state index contributed by atoms with van der Waals surface area (Å²) < 4.78 is 5.26. The number of anilines is 1. The molecule has 6 nitrogen and oxygen atoms in total. The van der Waals surface area contributed by atoms with E-state index in [9.17, 15) is 9.90 Å². The maximum absolute atomic E-state index is 12.0. The molecule has 1 aromatic carbocycles. The first-order valence-electron chi connectivity index (χ1n) is 6.56. The van der Waals surface area contributed by atoms with E-state index in [1.165, 1.54) is 0 Å². The fourth-order valence-electron chi connectivity index (χ4n) is 2.13. The summed E-state index contributed by atoms with van der Waals surface area (Å²) in [4.78, 5) is 13.9. The van der Waals surface area contributed by atoms with Crippen molar-refractivity contribution in [1.29, 1.82) is 5.26 Å². The van der Waals surface area contributed by atoms with E-state index in [-0.39, 0.29) is 25.1 Å². The van der Waals surface area contributed by atoms with Crippen LogP contribution in [0.2, 0.25) is 5.02 Å². The van der Waals surface area contributed by atoms with Crippen molar-refractivity contribution < 1.29 is 14.6 Å². The molecule has 2 rings (SSSR count). The number of nitrogens with zero attached hydrogens (tertiary/aromatic N) is 2. The van der Waals surface area contributed by atoms with Crippen molar-refractivity contribution in [3.8, 4) is 6.07 Å². The molecule has 1 saturated heterocycles. The van der Waals surface area contributed by atoms with Crippen molar-refractivity contribution in [2.75, 3.05) is 38.2 Å². The Morgan fingerprint density at radius 2 is 2.43 bits per heavy atom. The number of amides is 1. The van der Waals surface area contributed by atoms with E-state index < -0.39 is 0 Å². The first kappa shape index (κ1) is 15.7. The van der Waals surface area contributed by atoms with E-state index in [0.717, 1.165) is 0 Å². The van der Waals surface area contributed by atoms with Gasteiger partial charge in [0.15, 0.2) is 0 Å². The summed E-state index contributed by atoms with van der Waals surface area (Å²) in [6, 6.07) is 6.53. The molecule has 2 N–H and O–H groups in total. The summed E-state index contributed by atoms with van der Waals surface area (Å²) >= 11 is 5.92. The van der Waals surface area contributed by atoms with Crippen molar-refractivity contribution in [2.45, 2.75) is 6.04 Å². The van der Waals surface area contributed by atoms with Gasteiger partial charge in [-0.15, -0.1) is 0 Å². The first-order valence-corrected chi connectivity index (χ1v) is 6.94. The fourth-order valence-corrected chi connectivity index (χ4v) is 2.36. The molecule has 21 heavy (non-hydrogen) atoms. The van der Waals surface area contributed by atoms with Gasteiger partial charge in [0, 0.05) is 12.2 Å². The van der Waals surface area contributed by atoms with Gasteiger partial charge in [-0.05, 0) is 18.2 Å². The van der Waals surface area contributed by atoms with Gasteiger partial charge in [-0.25, -0.2) is 0 Å². The van der Waals surface area contributed by atoms with Crippen LogP contribution in [0.4, 0.5) is 5.69 Å². The highest BCUT2D eigenvalue weighted by Gasteiger charge is 2.24. The number of aliphatic hydroxyl groups is 1. The lowest BCUT2D eigenvalue weighted by molar-refractivity contribution is -0.120. The number of aliphatic hydroxyl groups excluding tert-OH is 1.